The van der Waals surface area contributed by atoms with Crippen LogP contribution in [0.1, 0.15) is 53.4 Å². The van der Waals surface area contributed by atoms with E-state index in [1.807, 2.05) is 13.8 Å². The third-order valence-electron chi connectivity index (χ3n) is 2.84. The molecule has 0 aromatic rings. The zero-order valence-electron chi connectivity index (χ0n) is 10.4. The van der Waals surface area contributed by atoms with Gasteiger partial charge in [0, 0.05) is 6.61 Å². The molecule has 3 heteroatoms. The van der Waals surface area contributed by atoms with Crippen LogP contribution in [0.25, 0.3) is 0 Å². The van der Waals surface area contributed by atoms with E-state index in [0.29, 0.717) is 25.4 Å². The Hall–Kier alpha value is -0.570. The largest absolute Gasteiger partial charge is 0.479 e. The SMILES string of the molecule is CCC(CC)(OCCCC(C)C)C(=O)O. The van der Waals surface area contributed by atoms with Crippen LogP contribution in [0.15, 0.2) is 0 Å². The van der Waals surface area contributed by atoms with Gasteiger partial charge in [-0.15, -0.1) is 0 Å². The van der Waals surface area contributed by atoms with E-state index >= 15 is 0 Å². The minimum atomic E-state index is -0.961. The molecule has 0 aromatic carbocycles. The highest BCUT2D eigenvalue weighted by atomic mass is 16.5. The zero-order valence-corrected chi connectivity index (χ0v) is 10.4. The summed E-state index contributed by atoms with van der Waals surface area (Å²) < 4.78 is 5.54. The van der Waals surface area contributed by atoms with Crippen LogP contribution in [0.5, 0.6) is 0 Å². The van der Waals surface area contributed by atoms with Gasteiger partial charge in [-0.1, -0.05) is 27.7 Å². The molecule has 0 saturated carbocycles. The molecule has 90 valence electrons. The van der Waals surface area contributed by atoms with E-state index in [1.165, 1.54) is 0 Å². The molecule has 0 aliphatic heterocycles. The first-order chi connectivity index (χ1) is 6.98. The Morgan fingerprint density at radius 1 is 1.33 bits per heavy atom. The van der Waals surface area contributed by atoms with E-state index in [-0.39, 0.29) is 0 Å². The third-order valence-corrected chi connectivity index (χ3v) is 2.84. The smallest absolute Gasteiger partial charge is 0.335 e. The van der Waals surface area contributed by atoms with Crippen LogP contribution in [-0.4, -0.2) is 23.3 Å². The van der Waals surface area contributed by atoms with Gasteiger partial charge in [-0.25, -0.2) is 4.79 Å². The van der Waals surface area contributed by atoms with E-state index in [1.54, 1.807) is 0 Å². The first kappa shape index (κ1) is 14.4. The molecule has 0 aromatic heterocycles. The van der Waals surface area contributed by atoms with Crippen molar-refractivity contribution in [2.24, 2.45) is 5.92 Å². The van der Waals surface area contributed by atoms with Crippen molar-refractivity contribution < 1.29 is 14.6 Å². The topological polar surface area (TPSA) is 46.5 Å². The molecule has 0 rings (SSSR count). The summed E-state index contributed by atoms with van der Waals surface area (Å²) in [4.78, 5) is 11.1. The molecule has 1 N–H and O–H groups in total. The highest BCUT2D eigenvalue weighted by Gasteiger charge is 2.35. The Morgan fingerprint density at radius 3 is 2.20 bits per heavy atom. The number of carbonyl (C=O) groups is 1. The summed E-state index contributed by atoms with van der Waals surface area (Å²) in [5.41, 5.74) is -0.961. The Labute approximate surface area is 92.8 Å². The summed E-state index contributed by atoms with van der Waals surface area (Å²) in [6, 6.07) is 0. The molecule has 0 radical (unpaired) electrons. The number of aliphatic carboxylic acids is 1. The Bertz CT molecular complexity index is 183. The molecule has 0 heterocycles. The highest BCUT2D eigenvalue weighted by molar-refractivity contribution is 5.77. The Balaban J connectivity index is 4.02. The molecule has 15 heavy (non-hydrogen) atoms. The van der Waals surface area contributed by atoms with Gasteiger partial charge in [0.05, 0.1) is 0 Å². The maximum Gasteiger partial charge on any atom is 0.335 e. The van der Waals surface area contributed by atoms with E-state index in [0.717, 1.165) is 12.8 Å². The molecule has 0 spiro atoms. The summed E-state index contributed by atoms with van der Waals surface area (Å²) in [5, 5.41) is 9.11. The van der Waals surface area contributed by atoms with E-state index in [4.69, 9.17) is 9.84 Å². The number of rotatable bonds is 8. The molecular formula is C12H24O3. The van der Waals surface area contributed by atoms with Crippen LogP contribution in [-0.2, 0) is 9.53 Å². The monoisotopic (exact) mass is 216 g/mol. The highest BCUT2D eigenvalue weighted by Crippen LogP contribution is 2.21. The summed E-state index contributed by atoms with van der Waals surface area (Å²) in [7, 11) is 0. The second kappa shape index (κ2) is 6.83. The van der Waals surface area contributed by atoms with Gasteiger partial charge >= 0.3 is 5.97 Å². The van der Waals surface area contributed by atoms with Crippen LogP contribution >= 0.6 is 0 Å². The molecule has 3 nitrogen and oxygen atoms in total. The van der Waals surface area contributed by atoms with Crippen LogP contribution < -0.4 is 0 Å². The normalized spacial score (nSPS) is 12.1. The predicted molar refractivity (Wildman–Crippen MR) is 61.0 cm³/mol. The lowest BCUT2D eigenvalue weighted by Gasteiger charge is -2.27. The zero-order chi connectivity index (χ0) is 11.9. The van der Waals surface area contributed by atoms with Crippen LogP contribution in [0.4, 0.5) is 0 Å². The fourth-order valence-corrected chi connectivity index (χ4v) is 1.58. The van der Waals surface area contributed by atoms with Gasteiger partial charge in [0.1, 0.15) is 0 Å². The van der Waals surface area contributed by atoms with Crippen LogP contribution in [0, 0.1) is 5.92 Å². The lowest BCUT2D eigenvalue weighted by molar-refractivity contribution is -0.167. The molecule has 0 saturated heterocycles. The van der Waals surface area contributed by atoms with Gasteiger partial charge in [0.15, 0.2) is 5.60 Å². The number of hydrogen-bond acceptors (Lipinski definition) is 2. The van der Waals surface area contributed by atoms with Crippen molar-refractivity contribution >= 4 is 5.97 Å². The van der Waals surface area contributed by atoms with Gasteiger partial charge in [-0.05, 0) is 31.6 Å². The van der Waals surface area contributed by atoms with Crippen molar-refractivity contribution in [3.63, 3.8) is 0 Å². The van der Waals surface area contributed by atoms with Crippen LogP contribution in [0.3, 0.4) is 0 Å². The quantitative estimate of drug-likeness (QED) is 0.634. The lowest BCUT2D eigenvalue weighted by Crippen LogP contribution is -2.40. The fourth-order valence-electron chi connectivity index (χ4n) is 1.58. The van der Waals surface area contributed by atoms with Crippen molar-refractivity contribution in [2.45, 2.75) is 59.0 Å². The summed E-state index contributed by atoms with van der Waals surface area (Å²) in [6.07, 6.45) is 3.08. The van der Waals surface area contributed by atoms with Crippen molar-refractivity contribution in [1.29, 1.82) is 0 Å². The van der Waals surface area contributed by atoms with Crippen molar-refractivity contribution in [3.8, 4) is 0 Å². The average molecular weight is 216 g/mol. The van der Waals surface area contributed by atoms with Gasteiger partial charge in [-0.3, -0.25) is 0 Å². The molecule has 0 unspecified atom stereocenters. The maximum absolute atomic E-state index is 11.1. The van der Waals surface area contributed by atoms with Gasteiger partial charge in [0.2, 0.25) is 0 Å². The van der Waals surface area contributed by atoms with Gasteiger partial charge in [-0.2, -0.15) is 0 Å². The Morgan fingerprint density at radius 2 is 1.87 bits per heavy atom. The minimum Gasteiger partial charge on any atom is -0.479 e. The maximum atomic E-state index is 11.1. The first-order valence-corrected chi connectivity index (χ1v) is 5.85. The van der Waals surface area contributed by atoms with Crippen molar-refractivity contribution in [2.75, 3.05) is 6.61 Å². The first-order valence-electron chi connectivity index (χ1n) is 5.85. The fraction of sp³-hybridized carbons (Fsp3) is 0.917. The lowest BCUT2D eigenvalue weighted by atomic mass is 9.97. The van der Waals surface area contributed by atoms with Crippen molar-refractivity contribution in [1.82, 2.24) is 0 Å². The molecule has 0 aliphatic rings. The van der Waals surface area contributed by atoms with Crippen LogP contribution in [0.2, 0.25) is 0 Å². The molecule has 0 amide bonds. The molecular weight excluding hydrogens is 192 g/mol. The number of ether oxygens (including phenoxy) is 1. The Kier molecular flexibility index (Phi) is 6.57. The van der Waals surface area contributed by atoms with Crippen molar-refractivity contribution in [3.05, 3.63) is 0 Å². The number of hydrogen-bond donors (Lipinski definition) is 1. The molecule has 0 atom stereocenters. The second-order valence-corrected chi connectivity index (χ2v) is 4.39. The standard InChI is InChI=1S/C12H24O3/c1-5-12(6-2,11(13)14)15-9-7-8-10(3)4/h10H,5-9H2,1-4H3,(H,13,14). The van der Waals surface area contributed by atoms with E-state index in [9.17, 15) is 4.79 Å². The average Bonchev–Trinajstić information content (AvgIpc) is 2.18. The second-order valence-electron chi connectivity index (χ2n) is 4.39. The predicted octanol–water partition coefficient (Wildman–Crippen LogP) is 3.08. The summed E-state index contributed by atoms with van der Waals surface area (Å²) >= 11 is 0. The third kappa shape index (κ3) is 4.65. The summed E-state index contributed by atoms with van der Waals surface area (Å²) in [5.74, 6) is -0.187. The van der Waals surface area contributed by atoms with E-state index in [2.05, 4.69) is 13.8 Å². The minimum absolute atomic E-state index is 0.528. The summed E-state index contributed by atoms with van der Waals surface area (Å²) in [6.45, 7) is 8.58. The van der Waals surface area contributed by atoms with Gasteiger partial charge in [0.25, 0.3) is 0 Å². The number of carboxylic acids is 1. The van der Waals surface area contributed by atoms with E-state index < -0.39 is 11.6 Å². The molecule has 0 fully saturated rings. The van der Waals surface area contributed by atoms with Gasteiger partial charge < -0.3 is 9.84 Å². The molecule has 0 bridgehead atoms. The molecule has 0 aliphatic carbocycles. The number of carboxylic acid groups (broad SMARTS) is 1.